The average Bonchev–Trinajstić information content (AvgIpc) is 3.26. The van der Waals surface area contributed by atoms with Crippen LogP contribution in [0, 0.1) is 0 Å². The number of nitrogens with zero attached hydrogens (tertiary/aromatic N) is 2. The molecular weight excluding hydrogens is 494 g/mol. The van der Waals surface area contributed by atoms with Gasteiger partial charge in [-0.15, -0.1) is 0 Å². The Morgan fingerprint density at radius 1 is 1.26 bits per heavy atom. The van der Waals surface area contributed by atoms with E-state index in [0.29, 0.717) is 30.2 Å². The molecule has 38 heavy (non-hydrogen) atoms. The minimum atomic E-state index is -1.85. The van der Waals surface area contributed by atoms with Gasteiger partial charge in [-0.1, -0.05) is 39.5 Å². The lowest BCUT2D eigenvalue weighted by molar-refractivity contribution is -0.111. The Morgan fingerprint density at radius 2 is 2.03 bits per heavy atom. The summed E-state index contributed by atoms with van der Waals surface area (Å²) in [5, 5.41) is 10.4. The molecule has 2 amide bonds. The number of nitrogens with two attached hydrogens (primary N) is 1. The first kappa shape index (κ1) is 27.3. The molecule has 0 saturated carbocycles. The third kappa shape index (κ3) is 5.73. The smallest absolute Gasteiger partial charge is 0.251 e. The van der Waals surface area contributed by atoms with Crippen molar-refractivity contribution < 1.29 is 14.0 Å². The fraction of sp³-hybridized carbons (Fsp3) is 0.345. The molecule has 1 unspecified atom stereocenters. The van der Waals surface area contributed by atoms with Crippen LogP contribution >= 0.6 is 0 Å². The summed E-state index contributed by atoms with van der Waals surface area (Å²) in [4.78, 5) is 24.3. The first-order valence-corrected chi connectivity index (χ1v) is 15.8. The van der Waals surface area contributed by atoms with E-state index in [1.807, 2.05) is 36.5 Å². The third-order valence-electron chi connectivity index (χ3n) is 7.60. The van der Waals surface area contributed by atoms with Gasteiger partial charge in [-0.3, -0.25) is 9.59 Å². The molecule has 1 aliphatic rings. The molecule has 4 rings (SSSR count). The number of carbonyl (C=O) groups is 2. The second-order valence-electron chi connectivity index (χ2n) is 11.2. The molecule has 2 heterocycles. The minimum Gasteiger partial charge on any atom is -0.417 e. The number of fused-ring (bicyclic) bond motifs is 1. The Labute approximate surface area is 225 Å². The molecule has 8 nitrogen and oxygen atoms in total. The number of anilines is 2. The molecule has 0 saturated heterocycles. The van der Waals surface area contributed by atoms with Crippen molar-refractivity contribution in [1.82, 2.24) is 15.1 Å². The highest BCUT2D eigenvalue weighted by molar-refractivity contribution is 6.74. The highest BCUT2D eigenvalue weighted by Gasteiger charge is 2.37. The van der Waals surface area contributed by atoms with Gasteiger partial charge in [-0.05, 0) is 72.1 Å². The predicted molar refractivity (Wildman–Crippen MR) is 155 cm³/mol. The molecule has 0 aliphatic carbocycles. The minimum absolute atomic E-state index is 0.0600. The van der Waals surface area contributed by atoms with Gasteiger partial charge in [0.2, 0.25) is 5.91 Å². The van der Waals surface area contributed by atoms with Gasteiger partial charge in [-0.2, -0.15) is 5.10 Å². The first-order valence-electron chi connectivity index (χ1n) is 12.8. The van der Waals surface area contributed by atoms with Crippen LogP contribution in [-0.2, 0) is 9.22 Å². The summed E-state index contributed by atoms with van der Waals surface area (Å²) in [5.41, 5.74) is 11.1. The van der Waals surface area contributed by atoms with E-state index in [0.717, 1.165) is 28.8 Å². The highest BCUT2D eigenvalue weighted by atomic mass is 28.4. The molecule has 2 aromatic carbocycles. The normalized spacial score (nSPS) is 15.5. The van der Waals surface area contributed by atoms with Gasteiger partial charge >= 0.3 is 0 Å². The molecule has 4 N–H and O–H groups in total. The monoisotopic (exact) mass is 531 g/mol. The maximum absolute atomic E-state index is 12.6. The van der Waals surface area contributed by atoms with Crippen LogP contribution in [0.5, 0.6) is 0 Å². The van der Waals surface area contributed by atoms with Gasteiger partial charge in [0.05, 0.1) is 5.69 Å². The second-order valence-corrected chi connectivity index (χ2v) is 16.0. The predicted octanol–water partition coefficient (Wildman–Crippen LogP) is 5.48. The average molecular weight is 532 g/mol. The number of rotatable bonds is 8. The van der Waals surface area contributed by atoms with E-state index in [-0.39, 0.29) is 22.8 Å². The van der Waals surface area contributed by atoms with E-state index in [4.69, 9.17) is 10.2 Å². The Kier molecular flexibility index (Phi) is 7.62. The largest absolute Gasteiger partial charge is 0.417 e. The maximum atomic E-state index is 12.6. The molecule has 0 radical (unpaired) electrons. The van der Waals surface area contributed by atoms with Crippen molar-refractivity contribution in [2.75, 3.05) is 24.2 Å². The molecule has 3 aromatic rings. The fourth-order valence-corrected chi connectivity index (χ4v) is 5.35. The number of benzene rings is 2. The zero-order valence-corrected chi connectivity index (χ0v) is 23.8. The van der Waals surface area contributed by atoms with Crippen molar-refractivity contribution in [3.63, 3.8) is 0 Å². The van der Waals surface area contributed by atoms with E-state index >= 15 is 0 Å². The van der Waals surface area contributed by atoms with E-state index in [9.17, 15) is 9.59 Å². The van der Waals surface area contributed by atoms with Crippen LogP contribution in [0.15, 0.2) is 61.3 Å². The number of nitrogen functional groups attached to an aromatic ring is 1. The quantitative estimate of drug-likeness (QED) is 0.263. The van der Waals surface area contributed by atoms with Crippen LogP contribution in [0.2, 0.25) is 18.1 Å². The molecule has 0 spiro atoms. The standard InChI is InChI=1S/C29H37N5O3Si/c1-7-26(35)32-21-9-8-10-22(16-21)34-18-25(27(30)33-34)19-11-12-23-24(15-19)20(17-31-28(23)36)13-14-37-38(5,6)29(2,3)4/h7-12,15-16,18,20H,1,13-14,17H2,2-6H3,(H2,30,33)(H,31,36)(H,32,35). The summed E-state index contributed by atoms with van der Waals surface area (Å²) in [7, 11) is -1.85. The van der Waals surface area contributed by atoms with Gasteiger partial charge < -0.3 is 20.8 Å². The van der Waals surface area contributed by atoms with Crippen LogP contribution in [0.3, 0.4) is 0 Å². The Hall–Kier alpha value is -3.69. The third-order valence-corrected chi connectivity index (χ3v) is 12.1. The SMILES string of the molecule is C=CC(=O)Nc1cccc(-n2cc(-c3ccc4c(c3)C(CCO[Si](C)(C)C(C)(C)C)CNC4=O)c(N)n2)c1. The second kappa shape index (κ2) is 10.6. The number of nitrogens with one attached hydrogen (secondary N) is 2. The summed E-state index contributed by atoms with van der Waals surface area (Å²) >= 11 is 0. The van der Waals surface area contributed by atoms with Crippen LogP contribution < -0.4 is 16.4 Å². The summed E-state index contributed by atoms with van der Waals surface area (Å²) in [6, 6.07) is 13.2. The highest BCUT2D eigenvalue weighted by Crippen LogP contribution is 2.38. The van der Waals surface area contributed by atoms with Crippen molar-refractivity contribution in [1.29, 1.82) is 0 Å². The summed E-state index contributed by atoms with van der Waals surface area (Å²) in [5.74, 6) is 0.178. The van der Waals surface area contributed by atoms with E-state index in [1.165, 1.54) is 6.08 Å². The van der Waals surface area contributed by atoms with Gasteiger partial charge in [0.15, 0.2) is 14.1 Å². The van der Waals surface area contributed by atoms with Crippen LogP contribution in [0.1, 0.15) is 49.0 Å². The fourth-order valence-electron chi connectivity index (χ4n) is 4.29. The number of carbonyl (C=O) groups excluding carboxylic acids is 2. The molecular formula is C29H37N5O3Si. The van der Waals surface area contributed by atoms with Crippen molar-refractivity contribution in [3.05, 3.63) is 72.4 Å². The molecule has 1 atom stereocenters. The number of aromatic nitrogens is 2. The maximum Gasteiger partial charge on any atom is 0.251 e. The van der Waals surface area contributed by atoms with Crippen molar-refractivity contribution in [2.24, 2.45) is 0 Å². The molecule has 200 valence electrons. The molecule has 9 heteroatoms. The Morgan fingerprint density at radius 3 is 2.74 bits per heavy atom. The van der Waals surface area contributed by atoms with Gasteiger partial charge in [0.1, 0.15) is 0 Å². The number of hydrogen-bond donors (Lipinski definition) is 3. The van der Waals surface area contributed by atoms with Crippen LogP contribution in [0.4, 0.5) is 11.5 Å². The first-order chi connectivity index (χ1) is 17.9. The molecule has 0 fully saturated rings. The van der Waals surface area contributed by atoms with Crippen molar-refractivity contribution >= 4 is 31.6 Å². The summed E-state index contributed by atoms with van der Waals surface area (Å²) < 4.78 is 8.11. The van der Waals surface area contributed by atoms with Crippen molar-refractivity contribution in [2.45, 2.75) is 51.2 Å². The molecule has 0 bridgehead atoms. The van der Waals surface area contributed by atoms with E-state index in [2.05, 4.69) is 62.2 Å². The van der Waals surface area contributed by atoms with Crippen LogP contribution in [0.25, 0.3) is 16.8 Å². The topological polar surface area (TPSA) is 111 Å². The molecule has 1 aromatic heterocycles. The van der Waals surface area contributed by atoms with Crippen LogP contribution in [-0.4, -0.2) is 43.1 Å². The lowest BCUT2D eigenvalue weighted by atomic mass is 9.86. The van der Waals surface area contributed by atoms with Gasteiger partial charge in [0.25, 0.3) is 5.91 Å². The van der Waals surface area contributed by atoms with Gasteiger partial charge in [-0.25, -0.2) is 4.68 Å². The lowest BCUT2D eigenvalue weighted by Crippen LogP contribution is -2.41. The number of amides is 2. The lowest BCUT2D eigenvalue weighted by Gasteiger charge is -2.37. The summed E-state index contributed by atoms with van der Waals surface area (Å²) in [6.07, 6.45) is 3.91. The van der Waals surface area contributed by atoms with Gasteiger partial charge in [0, 0.05) is 42.1 Å². The zero-order valence-electron chi connectivity index (χ0n) is 22.8. The summed E-state index contributed by atoms with van der Waals surface area (Å²) in [6.45, 7) is 15.9. The van der Waals surface area contributed by atoms with E-state index < -0.39 is 8.32 Å². The Bertz CT molecular complexity index is 1370. The van der Waals surface area contributed by atoms with Crippen molar-refractivity contribution in [3.8, 4) is 16.8 Å². The number of hydrogen-bond acceptors (Lipinski definition) is 5. The molecule has 1 aliphatic heterocycles. The zero-order chi connectivity index (χ0) is 27.7. The van der Waals surface area contributed by atoms with E-state index in [1.54, 1.807) is 10.7 Å². The Balaban J connectivity index is 1.59.